The smallest absolute Gasteiger partial charge is 0.128 e. The van der Waals surface area contributed by atoms with E-state index in [1.165, 1.54) is 18.5 Å². The van der Waals surface area contributed by atoms with Gasteiger partial charge in [-0.3, -0.25) is 0 Å². The Morgan fingerprint density at radius 3 is 2.95 bits per heavy atom. The summed E-state index contributed by atoms with van der Waals surface area (Å²) in [6, 6.07) is 4.31. The van der Waals surface area contributed by atoms with E-state index in [4.69, 9.17) is 4.74 Å². The predicted octanol–water partition coefficient (Wildman–Crippen LogP) is 1.76. The minimum Gasteiger partial charge on any atom is -0.378 e. The van der Waals surface area contributed by atoms with Crippen LogP contribution in [0.5, 0.6) is 0 Å². The zero-order valence-corrected chi connectivity index (χ0v) is 13.9. The third-order valence-corrected chi connectivity index (χ3v) is 4.70. The lowest BCUT2D eigenvalue weighted by molar-refractivity contribution is 0.122. The minimum absolute atomic E-state index is 0.665. The average Bonchev–Trinajstić information content (AvgIpc) is 2.61. The van der Waals surface area contributed by atoms with Crippen LogP contribution in [0.3, 0.4) is 0 Å². The lowest BCUT2D eigenvalue weighted by Crippen LogP contribution is -2.36. The van der Waals surface area contributed by atoms with E-state index in [9.17, 15) is 0 Å². The average molecular weight is 322 g/mol. The fourth-order valence-corrected chi connectivity index (χ4v) is 3.26. The van der Waals surface area contributed by atoms with Gasteiger partial charge in [0, 0.05) is 37.1 Å². The Hall–Kier alpha value is -0.980. The number of anilines is 2. The van der Waals surface area contributed by atoms with E-state index in [0.29, 0.717) is 11.7 Å². The molecule has 3 heterocycles. The Balaban J connectivity index is 1.66. The molecular formula is C16H26N4OS. The fourth-order valence-electron chi connectivity index (χ4n) is 3.09. The summed E-state index contributed by atoms with van der Waals surface area (Å²) in [6.07, 6.45) is 2.57. The van der Waals surface area contributed by atoms with Crippen LogP contribution in [0, 0.1) is 5.92 Å². The van der Waals surface area contributed by atoms with Crippen molar-refractivity contribution in [3.05, 3.63) is 17.8 Å². The van der Waals surface area contributed by atoms with Crippen LogP contribution < -0.4 is 15.5 Å². The molecule has 0 aliphatic carbocycles. The second-order valence-corrected chi connectivity index (χ2v) is 6.37. The van der Waals surface area contributed by atoms with E-state index in [-0.39, 0.29) is 0 Å². The molecule has 1 aromatic rings. The van der Waals surface area contributed by atoms with E-state index in [2.05, 4.69) is 45.3 Å². The molecule has 1 unspecified atom stereocenters. The molecule has 0 bridgehead atoms. The summed E-state index contributed by atoms with van der Waals surface area (Å²) >= 11 is 4.39. The highest BCUT2D eigenvalue weighted by Gasteiger charge is 2.15. The number of ether oxygens (including phenoxy) is 1. The zero-order valence-electron chi connectivity index (χ0n) is 13.1. The van der Waals surface area contributed by atoms with Crippen molar-refractivity contribution in [2.24, 2.45) is 5.92 Å². The Morgan fingerprint density at radius 1 is 1.36 bits per heavy atom. The fraction of sp³-hybridized carbons (Fsp3) is 0.688. The molecule has 6 heteroatoms. The van der Waals surface area contributed by atoms with Crippen molar-refractivity contribution in [1.29, 1.82) is 0 Å². The van der Waals surface area contributed by atoms with Crippen LogP contribution in [0.2, 0.25) is 0 Å². The summed E-state index contributed by atoms with van der Waals surface area (Å²) in [7, 11) is 0. The SMILES string of the molecule is SCc1cc(N2CCOCC2)cc(NCC2CCCNC2)n1. The molecule has 0 amide bonds. The Kier molecular flexibility index (Phi) is 5.81. The molecule has 122 valence electrons. The molecule has 1 atom stereocenters. The first kappa shape index (κ1) is 15.9. The highest BCUT2D eigenvalue weighted by atomic mass is 32.1. The number of morpholine rings is 1. The number of hydrogen-bond acceptors (Lipinski definition) is 6. The van der Waals surface area contributed by atoms with Crippen molar-refractivity contribution in [3.63, 3.8) is 0 Å². The van der Waals surface area contributed by atoms with Crippen LogP contribution >= 0.6 is 12.6 Å². The Morgan fingerprint density at radius 2 is 2.23 bits per heavy atom. The molecular weight excluding hydrogens is 296 g/mol. The first-order valence-corrected chi connectivity index (χ1v) is 8.87. The van der Waals surface area contributed by atoms with Gasteiger partial charge in [-0.25, -0.2) is 4.98 Å². The highest BCUT2D eigenvalue weighted by Crippen LogP contribution is 2.22. The largest absolute Gasteiger partial charge is 0.378 e. The molecule has 0 saturated carbocycles. The van der Waals surface area contributed by atoms with E-state index < -0.39 is 0 Å². The van der Waals surface area contributed by atoms with Crippen LogP contribution in [-0.4, -0.2) is 50.9 Å². The highest BCUT2D eigenvalue weighted by molar-refractivity contribution is 7.79. The van der Waals surface area contributed by atoms with Gasteiger partial charge >= 0.3 is 0 Å². The first-order chi connectivity index (χ1) is 10.8. The van der Waals surface area contributed by atoms with Crippen LogP contribution in [0.25, 0.3) is 0 Å². The van der Waals surface area contributed by atoms with Gasteiger partial charge in [0.25, 0.3) is 0 Å². The summed E-state index contributed by atoms with van der Waals surface area (Å²) in [5, 5.41) is 6.99. The molecule has 3 rings (SSSR count). The van der Waals surface area contributed by atoms with Gasteiger partial charge in [0.05, 0.1) is 18.9 Å². The molecule has 1 aromatic heterocycles. The van der Waals surface area contributed by atoms with E-state index in [1.807, 2.05) is 0 Å². The van der Waals surface area contributed by atoms with Crippen molar-refractivity contribution in [2.75, 3.05) is 56.2 Å². The standard InChI is InChI=1S/C16H26N4OS/c22-12-14-8-15(20-4-6-21-7-5-20)9-16(19-14)18-11-13-2-1-3-17-10-13/h8-9,13,17,22H,1-7,10-12H2,(H,18,19). The van der Waals surface area contributed by atoms with Gasteiger partial charge in [-0.15, -0.1) is 0 Å². The summed E-state index contributed by atoms with van der Waals surface area (Å²) < 4.78 is 5.44. The third-order valence-electron chi connectivity index (χ3n) is 4.37. The van der Waals surface area contributed by atoms with Gasteiger partial charge in [-0.05, 0) is 37.9 Å². The number of rotatable bonds is 5. The van der Waals surface area contributed by atoms with E-state index in [1.54, 1.807) is 0 Å². The first-order valence-electron chi connectivity index (χ1n) is 8.24. The second-order valence-electron chi connectivity index (χ2n) is 6.05. The molecule has 22 heavy (non-hydrogen) atoms. The molecule has 2 N–H and O–H groups in total. The van der Waals surface area contributed by atoms with Crippen molar-refractivity contribution in [2.45, 2.75) is 18.6 Å². The van der Waals surface area contributed by atoms with Crippen molar-refractivity contribution in [1.82, 2.24) is 10.3 Å². The van der Waals surface area contributed by atoms with Crippen LogP contribution in [0.4, 0.5) is 11.5 Å². The van der Waals surface area contributed by atoms with Gasteiger partial charge in [-0.2, -0.15) is 12.6 Å². The predicted molar refractivity (Wildman–Crippen MR) is 94.0 cm³/mol. The molecule has 2 fully saturated rings. The maximum atomic E-state index is 5.44. The summed E-state index contributed by atoms with van der Waals surface area (Å²) in [4.78, 5) is 7.03. The van der Waals surface area contributed by atoms with E-state index in [0.717, 1.165) is 57.4 Å². The topological polar surface area (TPSA) is 49.4 Å². The Labute approximate surface area is 138 Å². The van der Waals surface area contributed by atoms with Crippen molar-refractivity contribution in [3.8, 4) is 0 Å². The molecule has 2 aliphatic heterocycles. The van der Waals surface area contributed by atoms with Gasteiger partial charge in [0.1, 0.15) is 5.82 Å². The molecule has 0 spiro atoms. The zero-order chi connectivity index (χ0) is 15.2. The molecule has 0 radical (unpaired) electrons. The molecule has 2 aliphatic rings. The maximum Gasteiger partial charge on any atom is 0.128 e. The quantitative estimate of drug-likeness (QED) is 0.721. The number of thiol groups is 1. The normalized spacial score (nSPS) is 22.6. The third kappa shape index (κ3) is 4.27. The number of nitrogens with zero attached hydrogens (tertiary/aromatic N) is 2. The Bertz CT molecular complexity index is 473. The summed E-state index contributed by atoms with van der Waals surface area (Å²) in [5.74, 6) is 2.33. The summed E-state index contributed by atoms with van der Waals surface area (Å²) in [5.41, 5.74) is 2.25. The number of pyridine rings is 1. The molecule has 5 nitrogen and oxygen atoms in total. The minimum atomic E-state index is 0.665. The van der Waals surface area contributed by atoms with Crippen LogP contribution in [0.15, 0.2) is 12.1 Å². The van der Waals surface area contributed by atoms with Crippen LogP contribution in [0.1, 0.15) is 18.5 Å². The van der Waals surface area contributed by atoms with E-state index >= 15 is 0 Å². The number of piperidine rings is 1. The second kappa shape index (κ2) is 8.04. The number of nitrogens with one attached hydrogen (secondary N) is 2. The van der Waals surface area contributed by atoms with Crippen molar-refractivity contribution < 1.29 is 4.74 Å². The molecule has 0 aromatic carbocycles. The maximum absolute atomic E-state index is 5.44. The monoisotopic (exact) mass is 322 g/mol. The lowest BCUT2D eigenvalue weighted by atomic mass is 10.00. The van der Waals surface area contributed by atoms with Crippen molar-refractivity contribution >= 4 is 24.1 Å². The summed E-state index contributed by atoms with van der Waals surface area (Å²) in [6.45, 7) is 6.74. The van der Waals surface area contributed by atoms with Gasteiger partial charge in [0.2, 0.25) is 0 Å². The van der Waals surface area contributed by atoms with Gasteiger partial charge < -0.3 is 20.3 Å². The van der Waals surface area contributed by atoms with Gasteiger partial charge in [-0.1, -0.05) is 0 Å². The number of hydrogen-bond donors (Lipinski definition) is 3. The lowest BCUT2D eigenvalue weighted by Gasteiger charge is -2.29. The van der Waals surface area contributed by atoms with Crippen LogP contribution in [-0.2, 0) is 10.5 Å². The number of aromatic nitrogens is 1. The van der Waals surface area contributed by atoms with Gasteiger partial charge in [0.15, 0.2) is 0 Å². The molecule has 2 saturated heterocycles.